The number of benzene rings is 1. The van der Waals surface area contributed by atoms with Crippen LogP contribution in [0.4, 0.5) is 0 Å². The highest BCUT2D eigenvalue weighted by Gasteiger charge is 2.42. The van der Waals surface area contributed by atoms with Gasteiger partial charge in [0.1, 0.15) is 5.75 Å². The fourth-order valence-electron chi connectivity index (χ4n) is 3.92. The summed E-state index contributed by atoms with van der Waals surface area (Å²) >= 11 is 0. The maximum atomic E-state index is 13.0. The second kappa shape index (κ2) is 7.27. The van der Waals surface area contributed by atoms with E-state index in [1.54, 1.807) is 7.11 Å². The van der Waals surface area contributed by atoms with E-state index in [4.69, 9.17) is 9.47 Å². The van der Waals surface area contributed by atoms with E-state index in [2.05, 4.69) is 0 Å². The molecule has 3 aliphatic rings. The smallest absolute Gasteiger partial charge is 0.228 e. The van der Waals surface area contributed by atoms with Crippen LogP contribution in [0.2, 0.25) is 0 Å². The summed E-state index contributed by atoms with van der Waals surface area (Å²) in [7, 11) is 1.64. The summed E-state index contributed by atoms with van der Waals surface area (Å²) in [5, 5.41) is 0. The average molecular weight is 358 g/mol. The van der Waals surface area contributed by atoms with Crippen LogP contribution in [0.15, 0.2) is 24.3 Å². The fraction of sp³-hybridized carbons (Fsp3) is 0.600. The van der Waals surface area contributed by atoms with Crippen molar-refractivity contribution >= 4 is 11.8 Å². The first-order valence-electron chi connectivity index (χ1n) is 9.48. The molecule has 2 heterocycles. The Hall–Kier alpha value is -2.08. The number of hydrogen-bond donors (Lipinski definition) is 0. The Bertz CT molecular complexity index is 671. The van der Waals surface area contributed by atoms with E-state index < -0.39 is 0 Å². The number of hydrogen-bond acceptors (Lipinski definition) is 4. The molecule has 140 valence electrons. The summed E-state index contributed by atoms with van der Waals surface area (Å²) in [6.07, 6.45) is 2.55. The first-order chi connectivity index (χ1) is 12.7. The predicted molar refractivity (Wildman–Crippen MR) is 95.6 cm³/mol. The Morgan fingerprint density at radius 3 is 2.65 bits per heavy atom. The molecule has 2 aliphatic heterocycles. The Morgan fingerprint density at radius 2 is 1.96 bits per heavy atom. The summed E-state index contributed by atoms with van der Waals surface area (Å²) in [5.74, 6) is 1.30. The van der Waals surface area contributed by atoms with Gasteiger partial charge in [-0.1, -0.05) is 12.1 Å². The predicted octanol–water partition coefficient (Wildman–Crippen LogP) is 1.68. The molecule has 2 saturated heterocycles. The third-order valence-electron chi connectivity index (χ3n) is 5.65. The van der Waals surface area contributed by atoms with Crippen LogP contribution >= 0.6 is 0 Å². The summed E-state index contributed by atoms with van der Waals surface area (Å²) < 4.78 is 11.2. The van der Waals surface area contributed by atoms with E-state index in [1.807, 2.05) is 34.1 Å². The molecular formula is C20H26N2O4. The van der Waals surface area contributed by atoms with Gasteiger partial charge in [0.15, 0.2) is 0 Å². The van der Waals surface area contributed by atoms with Gasteiger partial charge in [-0.25, -0.2) is 0 Å². The molecule has 0 spiro atoms. The van der Waals surface area contributed by atoms with Gasteiger partial charge in [-0.3, -0.25) is 9.59 Å². The molecule has 2 atom stereocenters. The van der Waals surface area contributed by atoms with Crippen molar-refractivity contribution in [2.24, 2.45) is 11.8 Å². The fourth-order valence-corrected chi connectivity index (χ4v) is 3.92. The van der Waals surface area contributed by atoms with Crippen molar-refractivity contribution in [1.82, 2.24) is 9.80 Å². The van der Waals surface area contributed by atoms with Crippen LogP contribution in [0, 0.1) is 11.8 Å². The minimum absolute atomic E-state index is 0.140. The van der Waals surface area contributed by atoms with E-state index in [-0.39, 0.29) is 29.8 Å². The topological polar surface area (TPSA) is 59.1 Å². The number of amides is 2. The maximum absolute atomic E-state index is 13.0. The lowest BCUT2D eigenvalue weighted by molar-refractivity contribution is -0.146. The minimum atomic E-state index is -0.167. The van der Waals surface area contributed by atoms with Crippen LogP contribution in [0.3, 0.4) is 0 Å². The zero-order valence-electron chi connectivity index (χ0n) is 15.2. The van der Waals surface area contributed by atoms with E-state index in [9.17, 15) is 9.59 Å². The van der Waals surface area contributed by atoms with Crippen LogP contribution in [0.25, 0.3) is 0 Å². The number of piperidine rings is 1. The molecule has 0 N–H and O–H groups in total. The van der Waals surface area contributed by atoms with Crippen molar-refractivity contribution in [3.63, 3.8) is 0 Å². The largest absolute Gasteiger partial charge is 0.497 e. The van der Waals surface area contributed by atoms with Crippen LogP contribution in [-0.4, -0.2) is 61.1 Å². The number of ether oxygens (including phenoxy) is 2. The second-order valence-corrected chi connectivity index (χ2v) is 7.47. The standard InChI is InChI=1S/C20H26N2O4/c1-25-16-6-2-14(3-7-16)12-22-10-11-26-18-13-21(19(23)15-4-5-15)9-8-17(18)20(22)24/h2-3,6-7,15,17-18H,4-5,8-13H2,1H3/t17-,18+/m0/s1. The Labute approximate surface area is 154 Å². The highest BCUT2D eigenvalue weighted by molar-refractivity contribution is 5.83. The molecule has 1 aromatic rings. The van der Waals surface area contributed by atoms with Crippen molar-refractivity contribution in [2.45, 2.75) is 31.9 Å². The summed E-state index contributed by atoms with van der Waals surface area (Å²) in [6, 6.07) is 7.82. The molecule has 0 aromatic heterocycles. The van der Waals surface area contributed by atoms with Crippen molar-refractivity contribution < 1.29 is 19.1 Å². The van der Waals surface area contributed by atoms with Gasteiger partial charge in [-0.2, -0.15) is 0 Å². The summed E-state index contributed by atoms with van der Waals surface area (Å²) in [5.41, 5.74) is 1.08. The molecule has 0 bridgehead atoms. The van der Waals surface area contributed by atoms with Gasteiger partial charge >= 0.3 is 0 Å². The lowest BCUT2D eigenvalue weighted by Gasteiger charge is -2.37. The van der Waals surface area contributed by atoms with Gasteiger partial charge < -0.3 is 19.3 Å². The summed E-state index contributed by atoms with van der Waals surface area (Å²) in [6.45, 7) is 2.92. The van der Waals surface area contributed by atoms with Crippen molar-refractivity contribution in [3.05, 3.63) is 29.8 Å². The minimum Gasteiger partial charge on any atom is -0.497 e. The molecule has 6 nitrogen and oxygen atoms in total. The molecule has 26 heavy (non-hydrogen) atoms. The Morgan fingerprint density at radius 1 is 1.19 bits per heavy atom. The van der Waals surface area contributed by atoms with Crippen molar-refractivity contribution in [2.75, 3.05) is 33.4 Å². The van der Waals surface area contributed by atoms with E-state index in [0.29, 0.717) is 39.2 Å². The maximum Gasteiger partial charge on any atom is 0.228 e. The van der Waals surface area contributed by atoms with E-state index in [0.717, 1.165) is 24.2 Å². The molecule has 1 aliphatic carbocycles. The lowest BCUT2D eigenvalue weighted by atomic mass is 9.92. The molecular weight excluding hydrogens is 332 g/mol. The van der Waals surface area contributed by atoms with Crippen LogP contribution < -0.4 is 4.74 Å². The van der Waals surface area contributed by atoms with Gasteiger partial charge in [0.2, 0.25) is 11.8 Å². The first-order valence-corrected chi connectivity index (χ1v) is 9.48. The molecule has 1 saturated carbocycles. The van der Waals surface area contributed by atoms with Crippen molar-refractivity contribution in [1.29, 1.82) is 0 Å². The van der Waals surface area contributed by atoms with Crippen molar-refractivity contribution in [3.8, 4) is 5.75 Å². The van der Waals surface area contributed by atoms with E-state index >= 15 is 0 Å². The molecule has 0 unspecified atom stereocenters. The van der Waals surface area contributed by atoms with Gasteiger partial charge in [0.25, 0.3) is 0 Å². The van der Waals surface area contributed by atoms with Crippen LogP contribution in [-0.2, 0) is 20.9 Å². The normalized spacial score (nSPS) is 26.3. The average Bonchev–Trinajstić information content (AvgIpc) is 3.52. The molecule has 3 fully saturated rings. The monoisotopic (exact) mass is 358 g/mol. The Balaban J connectivity index is 1.41. The van der Waals surface area contributed by atoms with Gasteiger partial charge in [0, 0.05) is 32.1 Å². The molecule has 2 amide bonds. The zero-order valence-corrected chi connectivity index (χ0v) is 15.2. The molecule has 4 rings (SSSR count). The lowest BCUT2D eigenvalue weighted by Crippen LogP contribution is -2.51. The van der Waals surface area contributed by atoms with Gasteiger partial charge in [0.05, 0.1) is 25.7 Å². The SMILES string of the molecule is COc1ccc(CN2CCO[C@@H]3CN(C(=O)C4CC4)CC[C@@H]3C2=O)cc1. The van der Waals surface area contributed by atoms with Gasteiger partial charge in [-0.05, 0) is 37.0 Å². The second-order valence-electron chi connectivity index (χ2n) is 7.47. The number of fused-ring (bicyclic) bond motifs is 1. The Kier molecular flexibility index (Phi) is 4.85. The van der Waals surface area contributed by atoms with Crippen LogP contribution in [0.1, 0.15) is 24.8 Å². The number of likely N-dealkylation sites (tertiary alicyclic amines) is 1. The van der Waals surface area contributed by atoms with E-state index in [1.165, 1.54) is 0 Å². The first kappa shape index (κ1) is 17.3. The third kappa shape index (κ3) is 3.56. The third-order valence-corrected chi connectivity index (χ3v) is 5.65. The number of carbonyl (C=O) groups excluding carboxylic acids is 2. The summed E-state index contributed by atoms with van der Waals surface area (Å²) in [4.78, 5) is 29.2. The zero-order chi connectivity index (χ0) is 18.1. The molecule has 0 radical (unpaired) electrons. The van der Waals surface area contributed by atoms with Gasteiger partial charge in [-0.15, -0.1) is 0 Å². The highest BCUT2D eigenvalue weighted by atomic mass is 16.5. The number of methoxy groups -OCH3 is 1. The number of nitrogens with zero attached hydrogens (tertiary/aromatic N) is 2. The number of carbonyl (C=O) groups is 2. The van der Waals surface area contributed by atoms with Crippen LogP contribution in [0.5, 0.6) is 5.75 Å². The molecule has 1 aromatic carbocycles. The highest BCUT2D eigenvalue weighted by Crippen LogP contribution is 2.34. The quantitative estimate of drug-likeness (QED) is 0.822. The molecule has 6 heteroatoms. The number of rotatable bonds is 4.